The second-order valence-electron chi connectivity index (χ2n) is 12.0. The Morgan fingerprint density at radius 3 is 0.429 bits per heavy atom. The van der Waals surface area contributed by atoms with E-state index >= 15 is 0 Å². The van der Waals surface area contributed by atoms with Crippen LogP contribution in [0.15, 0.2) is 133 Å². The van der Waals surface area contributed by atoms with Crippen molar-refractivity contribution in [2.24, 2.45) is 0 Å². The van der Waals surface area contributed by atoms with Crippen molar-refractivity contribution >= 4 is 108 Å². The molecule has 11 rings (SSSR count). The van der Waals surface area contributed by atoms with Gasteiger partial charge in [-0.3, -0.25) is 0 Å². The lowest BCUT2D eigenvalue weighted by molar-refractivity contribution is 1.79. The molecule has 0 unspecified atom stereocenters. The summed E-state index contributed by atoms with van der Waals surface area (Å²) in [4.78, 5) is 0. The molecule has 0 aromatic heterocycles. The molecule has 0 spiro atoms. The highest BCUT2D eigenvalue weighted by Gasteiger charge is 2.20. The largest absolute Gasteiger partial charge is 0.0616 e. The number of hydrogen-bond acceptors (Lipinski definition) is 0. The monoisotopic (exact) mass is 526 g/mol. The second kappa shape index (κ2) is 7.24. The molecule has 0 atom stereocenters. The van der Waals surface area contributed by atoms with Crippen LogP contribution in [0.4, 0.5) is 0 Å². The van der Waals surface area contributed by atoms with Gasteiger partial charge in [-0.05, 0) is 144 Å². The van der Waals surface area contributed by atoms with E-state index in [9.17, 15) is 0 Å². The molecule has 0 heteroatoms. The number of benzene rings is 9. The molecule has 0 fully saturated rings. The fourth-order valence-corrected chi connectivity index (χ4v) is 8.16. The third-order valence-electron chi connectivity index (χ3n) is 10.1. The van der Waals surface area contributed by atoms with E-state index in [0.717, 1.165) is 0 Å². The van der Waals surface area contributed by atoms with Crippen LogP contribution in [0.3, 0.4) is 0 Å². The first-order valence-corrected chi connectivity index (χ1v) is 14.8. The maximum Gasteiger partial charge on any atom is -0.00921 e. The Morgan fingerprint density at radius 1 is 0.143 bits per heavy atom. The Morgan fingerprint density at radius 2 is 0.262 bits per heavy atom. The van der Waals surface area contributed by atoms with Gasteiger partial charge in [0.15, 0.2) is 0 Å². The fraction of sp³-hybridized carbons (Fsp3) is 0. The highest BCUT2D eigenvalue weighted by Crippen LogP contribution is 2.48. The molecule has 0 aliphatic carbocycles. The van der Waals surface area contributed by atoms with Crippen molar-refractivity contribution in [2.75, 3.05) is 0 Å². The van der Waals surface area contributed by atoms with Crippen LogP contribution in [0.5, 0.6) is 0 Å². The van der Waals surface area contributed by atoms with Crippen LogP contribution in [0.2, 0.25) is 0 Å². The van der Waals surface area contributed by atoms with E-state index in [1.165, 1.54) is 108 Å². The van der Waals surface area contributed by atoms with Crippen LogP contribution in [0, 0.1) is 0 Å². The van der Waals surface area contributed by atoms with Crippen molar-refractivity contribution in [3.63, 3.8) is 0 Å². The predicted octanol–water partition coefficient (Wildman–Crippen LogP) is 12.1. The minimum absolute atomic E-state index is 1.33. The molecule has 11 aromatic carbocycles. The standard InChI is InChI=1S/C42H22/c1-5-13-27-23(9-1)24-10-2-6-14-28(24)32-18-36-35(17-31(27)32)39-21-41-37-19-33-29-15-7-3-11-25(29)26-12-4-8-16-30(26)34(33)20-38(37)42(41)22-40(36)39/h1-22H. The van der Waals surface area contributed by atoms with E-state index in [1.807, 2.05) is 0 Å². The molecule has 11 aromatic rings. The summed E-state index contributed by atoms with van der Waals surface area (Å²) in [6.07, 6.45) is 0. The van der Waals surface area contributed by atoms with Gasteiger partial charge in [-0.2, -0.15) is 0 Å². The second-order valence-corrected chi connectivity index (χ2v) is 12.0. The van der Waals surface area contributed by atoms with Gasteiger partial charge in [-0.15, -0.1) is 0 Å². The quantitative estimate of drug-likeness (QED) is 0.172. The highest BCUT2D eigenvalue weighted by molar-refractivity contribution is 6.40. The van der Waals surface area contributed by atoms with Crippen LogP contribution in [0.25, 0.3) is 108 Å². The Hall–Kier alpha value is -5.46. The molecule has 0 aliphatic rings. The molecule has 0 N–H and O–H groups in total. The topological polar surface area (TPSA) is 0 Å². The molecule has 42 heavy (non-hydrogen) atoms. The number of fused-ring (bicyclic) bond motifs is 20. The Kier molecular flexibility index (Phi) is 3.67. The van der Waals surface area contributed by atoms with Gasteiger partial charge in [0.05, 0.1) is 0 Å². The molecule has 190 valence electrons. The van der Waals surface area contributed by atoms with E-state index in [1.54, 1.807) is 0 Å². The SMILES string of the molecule is c1ccc2c(c1)c1ccccc1c1cc3c(cc21)c1cc2c4cc5c6ccccc6c6ccccc6c5cc4c2cc31. The van der Waals surface area contributed by atoms with E-state index < -0.39 is 0 Å². The summed E-state index contributed by atoms with van der Waals surface area (Å²) in [6, 6.07) is 50.2. The molecule has 0 saturated heterocycles. The lowest BCUT2D eigenvalue weighted by Crippen LogP contribution is -1.92. The molecular weight excluding hydrogens is 504 g/mol. The molecule has 0 amide bonds. The molecular formula is C42H22. The maximum absolute atomic E-state index is 2.46. The van der Waals surface area contributed by atoms with E-state index in [4.69, 9.17) is 0 Å². The molecule has 0 saturated carbocycles. The van der Waals surface area contributed by atoms with Crippen LogP contribution in [0.1, 0.15) is 0 Å². The average molecular weight is 527 g/mol. The van der Waals surface area contributed by atoms with Crippen LogP contribution in [-0.2, 0) is 0 Å². The van der Waals surface area contributed by atoms with Gasteiger partial charge in [-0.25, -0.2) is 0 Å². The third-order valence-corrected chi connectivity index (χ3v) is 10.1. The molecule has 0 aliphatic heterocycles. The van der Waals surface area contributed by atoms with Gasteiger partial charge in [-0.1, -0.05) is 97.1 Å². The zero-order chi connectivity index (χ0) is 27.1. The van der Waals surface area contributed by atoms with Gasteiger partial charge in [0, 0.05) is 0 Å². The van der Waals surface area contributed by atoms with Gasteiger partial charge >= 0.3 is 0 Å². The fourth-order valence-electron chi connectivity index (χ4n) is 8.16. The summed E-state index contributed by atoms with van der Waals surface area (Å²) >= 11 is 0. The Balaban J connectivity index is 1.26. The average Bonchev–Trinajstić information content (AvgIpc) is 3.05. The smallest absolute Gasteiger partial charge is 0.00921 e. The third kappa shape index (κ3) is 2.43. The van der Waals surface area contributed by atoms with Gasteiger partial charge < -0.3 is 0 Å². The molecule has 0 nitrogen and oxygen atoms in total. The molecule has 0 heterocycles. The lowest BCUT2D eigenvalue weighted by Gasteiger charge is -2.21. The Bertz CT molecular complexity index is 2540. The number of rotatable bonds is 0. The summed E-state index contributed by atoms with van der Waals surface area (Å²) in [5.41, 5.74) is 0. The van der Waals surface area contributed by atoms with E-state index in [2.05, 4.69) is 133 Å². The zero-order valence-electron chi connectivity index (χ0n) is 22.7. The molecule has 0 bridgehead atoms. The van der Waals surface area contributed by atoms with Crippen molar-refractivity contribution in [1.82, 2.24) is 0 Å². The summed E-state index contributed by atoms with van der Waals surface area (Å²) in [6.45, 7) is 0. The first kappa shape index (κ1) is 21.3. The number of hydrogen-bond donors (Lipinski definition) is 0. The van der Waals surface area contributed by atoms with E-state index in [0.29, 0.717) is 0 Å². The van der Waals surface area contributed by atoms with Crippen LogP contribution >= 0.6 is 0 Å². The minimum Gasteiger partial charge on any atom is -0.0616 e. The normalized spacial score (nSPS) is 12.8. The van der Waals surface area contributed by atoms with Crippen LogP contribution in [-0.4, -0.2) is 0 Å². The zero-order valence-corrected chi connectivity index (χ0v) is 22.7. The highest BCUT2D eigenvalue weighted by atomic mass is 14.2. The summed E-state index contributed by atoms with van der Waals surface area (Å²) in [5.74, 6) is 0. The van der Waals surface area contributed by atoms with Crippen molar-refractivity contribution in [3.05, 3.63) is 133 Å². The summed E-state index contributed by atoms with van der Waals surface area (Å²) in [5, 5.41) is 27.1. The van der Waals surface area contributed by atoms with E-state index in [-0.39, 0.29) is 0 Å². The van der Waals surface area contributed by atoms with Crippen molar-refractivity contribution in [2.45, 2.75) is 0 Å². The first-order chi connectivity index (χ1) is 20.8. The van der Waals surface area contributed by atoms with Crippen molar-refractivity contribution in [3.8, 4) is 0 Å². The Labute approximate surface area is 240 Å². The maximum atomic E-state index is 2.46. The summed E-state index contributed by atoms with van der Waals surface area (Å²) in [7, 11) is 0. The van der Waals surface area contributed by atoms with Gasteiger partial charge in [0.1, 0.15) is 0 Å². The first-order valence-electron chi connectivity index (χ1n) is 14.8. The van der Waals surface area contributed by atoms with Gasteiger partial charge in [0.25, 0.3) is 0 Å². The lowest BCUT2D eigenvalue weighted by atomic mass is 9.82. The van der Waals surface area contributed by atoms with Gasteiger partial charge in [0.2, 0.25) is 0 Å². The predicted molar refractivity (Wildman–Crippen MR) is 184 cm³/mol. The minimum atomic E-state index is 1.33. The van der Waals surface area contributed by atoms with Crippen molar-refractivity contribution in [1.29, 1.82) is 0 Å². The van der Waals surface area contributed by atoms with Crippen LogP contribution < -0.4 is 0 Å². The van der Waals surface area contributed by atoms with Crippen molar-refractivity contribution < 1.29 is 0 Å². The molecule has 0 radical (unpaired) electrons. The summed E-state index contributed by atoms with van der Waals surface area (Å²) < 4.78 is 0.